The molecule has 1 heterocycles. The Kier molecular flexibility index (Phi) is 6.55. The highest BCUT2D eigenvalue weighted by Crippen LogP contribution is 2.28. The second-order valence-electron chi connectivity index (χ2n) is 6.56. The quantitative estimate of drug-likeness (QED) is 0.359. The molecule has 0 aliphatic rings. The minimum absolute atomic E-state index is 0.467. The van der Waals surface area contributed by atoms with Crippen LogP contribution in [0.1, 0.15) is 27.9 Å². The molecule has 0 bridgehead atoms. The third-order valence-electron chi connectivity index (χ3n) is 4.74. The molecule has 0 aliphatic carbocycles. The number of hydrogen-bond acceptors (Lipinski definition) is 2. The molecule has 0 radical (unpaired) electrons. The number of benzene rings is 2. The third kappa shape index (κ3) is 4.91. The average molecular weight is 474 g/mol. The summed E-state index contributed by atoms with van der Waals surface area (Å²) >= 11 is 2.33. The lowest BCUT2D eigenvalue weighted by molar-refractivity contribution is -0.105. The normalized spacial score (nSPS) is 10.6. The molecule has 1 amide bonds. The number of hydrogen-bond donors (Lipinski definition) is 1. The number of rotatable bonds is 8. The molecule has 5 heteroatoms. The highest BCUT2D eigenvalue weighted by Gasteiger charge is 2.10. The first-order chi connectivity index (χ1) is 13.1. The molecule has 1 aromatic heterocycles. The molecule has 4 nitrogen and oxygen atoms in total. The number of carbonyl (C=O) groups excluding carboxylic acids is 1. The lowest BCUT2D eigenvalue weighted by Crippen LogP contribution is -2.03. The van der Waals surface area contributed by atoms with Gasteiger partial charge in [0.1, 0.15) is 12.4 Å². The Hall–Kier alpha value is -2.28. The van der Waals surface area contributed by atoms with Gasteiger partial charge in [-0.2, -0.15) is 0 Å². The summed E-state index contributed by atoms with van der Waals surface area (Å²) in [6.45, 7) is 4.77. The van der Waals surface area contributed by atoms with Crippen molar-refractivity contribution in [3.63, 3.8) is 0 Å². The fourth-order valence-electron chi connectivity index (χ4n) is 3.06. The van der Waals surface area contributed by atoms with Crippen molar-refractivity contribution >= 4 is 35.0 Å². The molecular weight excluding hydrogens is 451 g/mol. The van der Waals surface area contributed by atoms with Crippen molar-refractivity contribution in [1.29, 1.82) is 0 Å². The minimum Gasteiger partial charge on any atom is -0.487 e. The molecule has 0 atom stereocenters. The first-order valence-electron chi connectivity index (χ1n) is 8.92. The summed E-state index contributed by atoms with van der Waals surface area (Å²) in [7, 11) is 0. The van der Waals surface area contributed by atoms with E-state index >= 15 is 0 Å². The molecule has 140 valence electrons. The molecule has 0 saturated heterocycles. The Morgan fingerprint density at radius 3 is 2.52 bits per heavy atom. The molecule has 0 unspecified atom stereocenters. The van der Waals surface area contributed by atoms with Crippen LogP contribution in [0.5, 0.6) is 5.75 Å². The van der Waals surface area contributed by atoms with Gasteiger partial charge in [0.2, 0.25) is 6.41 Å². The van der Waals surface area contributed by atoms with Gasteiger partial charge >= 0.3 is 0 Å². The van der Waals surface area contributed by atoms with Crippen molar-refractivity contribution in [2.24, 2.45) is 0 Å². The summed E-state index contributed by atoms with van der Waals surface area (Å²) in [5.41, 5.74) is 6.96. The van der Waals surface area contributed by atoms with Crippen LogP contribution in [0, 0.1) is 13.8 Å². The Bertz CT molecular complexity index is 920. The van der Waals surface area contributed by atoms with Crippen molar-refractivity contribution in [3.05, 3.63) is 82.7 Å². The number of anilines is 1. The van der Waals surface area contributed by atoms with Gasteiger partial charge in [0.05, 0.1) is 28.6 Å². The van der Waals surface area contributed by atoms with Gasteiger partial charge in [0.15, 0.2) is 0 Å². The zero-order chi connectivity index (χ0) is 19.2. The molecule has 2 aromatic carbocycles. The maximum absolute atomic E-state index is 11.0. The van der Waals surface area contributed by atoms with Crippen molar-refractivity contribution in [3.8, 4) is 5.75 Å². The topological polar surface area (TPSA) is 43.3 Å². The van der Waals surface area contributed by atoms with Gasteiger partial charge in [-0.15, -0.1) is 0 Å². The Balaban J connectivity index is 1.71. The van der Waals surface area contributed by atoms with Crippen LogP contribution < -0.4 is 10.1 Å². The highest BCUT2D eigenvalue weighted by atomic mass is 127. The number of ether oxygens (including phenoxy) is 1. The van der Waals surface area contributed by atoms with Crippen LogP contribution in [0.4, 0.5) is 5.69 Å². The van der Waals surface area contributed by atoms with E-state index in [0.29, 0.717) is 24.5 Å². The maximum Gasteiger partial charge on any atom is 0.211 e. The van der Waals surface area contributed by atoms with Crippen LogP contribution in [-0.2, 0) is 24.2 Å². The Morgan fingerprint density at radius 1 is 1.07 bits per heavy atom. The van der Waals surface area contributed by atoms with Gasteiger partial charge in [0, 0.05) is 11.9 Å². The van der Waals surface area contributed by atoms with Gasteiger partial charge in [-0.25, -0.2) is 0 Å². The fraction of sp³-hybridized carbons (Fsp3) is 0.227. The Morgan fingerprint density at radius 2 is 1.85 bits per heavy atom. The summed E-state index contributed by atoms with van der Waals surface area (Å²) in [5, 5.41) is 2.77. The average Bonchev–Trinajstić information content (AvgIpc) is 2.92. The number of aryl methyl sites for hydroxylation is 2. The van der Waals surface area contributed by atoms with Crippen LogP contribution in [0.2, 0.25) is 0 Å². The summed E-state index contributed by atoms with van der Waals surface area (Å²) in [6, 6.07) is 16.0. The largest absolute Gasteiger partial charge is 0.487 e. The standard InChI is InChI=1S/C22H23IN2O2/c1-16-13-25(23)21(17(16)2)10-8-18-9-11-22(20(12-18)24-15-26)27-14-19-6-4-3-5-7-19/h3-7,9,11-13,15H,8,10,14H2,1-2H3,(H,24,26). The predicted octanol–water partition coefficient (Wildman–Crippen LogP) is 5.24. The van der Waals surface area contributed by atoms with Gasteiger partial charge in [-0.3, -0.25) is 7.58 Å². The van der Waals surface area contributed by atoms with Crippen molar-refractivity contribution in [2.45, 2.75) is 33.3 Å². The van der Waals surface area contributed by atoms with Crippen molar-refractivity contribution in [1.82, 2.24) is 2.78 Å². The molecule has 0 fully saturated rings. The molecule has 1 N–H and O–H groups in total. The molecule has 0 spiro atoms. The van der Waals surface area contributed by atoms with Crippen LogP contribution in [0.15, 0.2) is 54.7 Å². The van der Waals surface area contributed by atoms with Crippen LogP contribution in [-0.4, -0.2) is 9.19 Å². The van der Waals surface area contributed by atoms with Crippen LogP contribution in [0.3, 0.4) is 0 Å². The predicted molar refractivity (Wildman–Crippen MR) is 118 cm³/mol. The van der Waals surface area contributed by atoms with Crippen LogP contribution >= 0.6 is 22.9 Å². The highest BCUT2D eigenvalue weighted by molar-refractivity contribution is 14.1. The fourth-order valence-corrected chi connectivity index (χ4v) is 4.08. The minimum atomic E-state index is 0.467. The number of amides is 1. The van der Waals surface area contributed by atoms with E-state index in [0.717, 1.165) is 18.4 Å². The number of halogens is 1. The number of nitrogens with zero attached hydrogens (tertiary/aromatic N) is 1. The lowest BCUT2D eigenvalue weighted by Gasteiger charge is -2.13. The van der Waals surface area contributed by atoms with E-state index in [1.54, 1.807) is 0 Å². The summed E-state index contributed by atoms with van der Waals surface area (Å²) in [5.74, 6) is 0.680. The molecule has 0 saturated carbocycles. The zero-order valence-corrected chi connectivity index (χ0v) is 17.7. The van der Waals surface area contributed by atoms with E-state index in [1.807, 2.05) is 42.5 Å². The third-order valence-corrected chi connectivity index (χ3v) is 5.60. The second-order valence-corrected chi connectivity index (χ2v) is 7.60. The molecule has 3 rings (SSSR count). The van der Waals surface area contributed by atoms with E-state index in [9.17, 15) is 4.79 Å². The summed E-state index contributed by atoms with van der Waals surface area (Å²) in [4.78, 5) is 11.0. The molecule has 3 aromatic rings. The molecular formula is C22H23IN2O2. The number of carbonyl (C=O) groups is 1. The number of nitrogens with one attached hydrogen (secondary N) is 1. The van der Waals surface area contributed by atoms with E-state index in [2.05, 4.69) is 57.1 Å². The zero-order valence-electron chi connectivity index (χ0n) is 15.5. The molecule has 27 heavy (non-hydrogen) atoms. The van der Waals surface area contributed by atoms with Crippen LogP contribution in [0.25, 0.3) is 0 Å². The first kappa shape index (κ1) is 19.5. The monoisotopic (exact) mass is 474 g/mol. The second kappa shape index (κ2) is 9.08. The van der Waals surface area contributed by atoms with Gasteiger partial charge < -0.3 is 10.1 Å². The van der Waals surface area contributed by atoms with E-state index in [1.165, 1.54) is 22.4 Å². The van der Waals surface area contributed by atoms with E-state index in [4.69, 9.17) is 4.74 Å². The van der Waals surface area contributed by atoms with Gasteiger partial charge in [0.25, 0.3) is 0 Å². The van der Waals surface area contributed by atoms with E-state index < -0.39 is 0 Å². The van der Waals surface area contributed by atoms with Gasteiger partial charge in [-0.1, -0.05) is 36.4 Å². The number of aromatic nitrogens is 1. The maximum atomic E-state index is 11.0. The van der Waals surface area contributed by atoms with Gasteiger partial charge in [-0.05, 0) is 61.1 Å². The first-order valence-corrected chi connectivity index (χ1v) is 9.88. The van der Waals surface area contributed by atoms with Crippen molar-refractivity contribution in [2.75, 3.05) is 5.32 Å². The lowest BCUT2D eigenvalue weighted by atomic mass is 10.0. The molecule has 0 aliphatic heterocycles. The Labute approximate surface area is 174 Å². The summed E-state index contributed by atoms with van der Waals surface area (Å²) in [6.07, 6.45) is 4.70. The van der Waals surface area contributed by atoms with Crippen molar-refractivity contribution < 1.29 is 9.53 Å². The van der Waals surface area contributed by atoms with E-state index in [-0.39, 0.29) is 0 Å². The summed E-state index contributed by atoms with van der Waals surface area (Å²) < 4.78 is 8.08. The SMILES string of the molecule is Cc1cn(I)c(CCc2ccc(OCc3ccccc3)c(NC=O)c2)c1C. The smallest absolute Gasteiger partial charge is 0.211 e.